The molecule has 2 aromatic carbocycles. The van der Waals surface area contributed by atoms with Crippen molar-refractivity contribution in [1.29, 1.82) is 0 Å². The van der Waals surface area contributed by atoms with Crippen molar-refractivity contribution in [2.75, 3.05) is 18.5 Å². The fraction of sp³-hybridized carbons (Fsp3) is 0.222. The summed E-state index contributed by atoms with van der Waals surface area (Å²) in [5, 5.41) is 13.2. The maximum absolute atomic E-state index is 12.2. The van der Waals surface area contributed by atoms with Crippen LogP contribution in [0.25, 0.3) is 22.2 Å². The highest BCUT2D eigenvalue weighted by atomic mass is 16.5. The Balaban J connectivity index is 1.42. The normalized spacial score (nSPS) is 11.1. The number of hydrogen-bond acceptors (Lipinski definition) is 4. The lowest BCUT2D eigenvalue weighted by Gasteiger charge is -2.10. The van der Waals surface area contributed by atoms with E-state index in [1.165, 1.54) is 5.56 Å². The second kappa shape index (κ2) is 10.3. The Hall–Kier alpha value is -3.97. The smallest absolute Gasteiger partial charge is 0.335 e. The Morgan fingerprint density at radius 2 is 1.88 bits per heavy atom. The van der Waals surface area contributed by atoms with Crippen LogP contribution in [0.5, 0.6) is 0 Å². The van der Waals surface area contributed by atoms with Crippen LogP contribution in [0.15, 0.2) is 73.1 Å². The first-order chi connectivity index (χ1) is 16.4. The number of anilines is 1. The number of nitrogens with zero attached hydrogens (tertiary/aromatic N) is 2. The van der Waals surface area contributed by atoms with Crippen molar-refractivity contribution < 1.29 is 19.4 Å². The molecule has 2 heterocycles. The second-order valence-electron chi connectivity index (χ2n) is 8.37. The van der Waals surface area contributed by atoms with Gasteiger partial charge in [-0.05, 0) is 47.9 Å². The van der Waals surface area contributed by atoms with Crippen LogP contribution in [0.1, 0.15) is 35.7 Å². The van der Waals surface area contributed by atoms with Gasteiger partial charge in [-0.25, -0.2) is 4.79 Å². The Morgan fingerprint density at radius 1 is 1.09 bits per heavy atom. The number of aromatic carboxylic acids is 1. The Morgan fingerprint density at radius 3 is 2.56 bits per heavy atom. The van der Waals surface area contributed by atoms with E-state index < -0.39 is 5.97 Å². The number of pyridine rings is 1. The molecule has 174 valence electrons. The van der Waals surface area contributed by atoms with Gasteiger partial charge in [-0.2, -0.15) is 0 Å². The summed E-state index contributed by atoms with van der Waals surface area (Å²) in [7, 11) is 0. The number of rotatable bonds is 9. The Bertz CT molecular complexity index is 1290. The molecular weight excluding hydrogens is 430 g/mol. The zero-order valence-corrected chi connectivity index (χ0v) is 19.2. The molecule has 2 aromatic heterocycles. The molecule has 0 aliphatic rings. The van der Waals surface area contributed by atoms with Gasteiger partial charge in [0.2, 0.25) is 5.91 Å². The number of benzene rings is 2. The third-order valence-electron chi connectivity index (χ3n) is 5.64. The minimum absolute atomic E-state index is 0.0708. The maximum Gasteiger partial charge on any atom is 0.335 e. The number of fused-ring (bicyclic) bond motifs is 1. The van der Waals surface area contributed by atoms with Crippen molar-refractivity contribution in [2.45, 2.75) is 26.3 Å². The maximum atomic E-state index is 12.2. The Labute approximate surface area is 198 Å². The van der Waals surface area contributed by atoms with E-state index in [2.05, 4.69) is 24.1 Å². The van der Waals surface area contributed by atoms with Crippen LogP contribution in [0.3, 0.4) is 0 Å². The number of carboxylic acids is 1. The monoisotopic (exact) mass is 457 g/mol. The predicted octanol–water partition coefficient (Wildman–Crippen LogP) is 5.18. The van der Waals surface area contributed by atoms with Crippen LogP contribution in [-0.2, 0) is 16.1 Å². The summed E-state index contributed by atoms with van der Waals surface area (Å²) < 4.78 is 7.55. The molecular formula is C27H27N3O4. The molecule has 0 spiro atoms. The van der Waals surface area contributed by atoms with Crippen molar-refractivity contribution in [2.24, 2.45) is 0 Å². The summed E-state index contributed by atoms with van der Waals surface area (Å²) >= 11 is 0. The van der Waals surface area contributed by atoms with Crippen LogP contribution < -0.4 is 5.32 Å². The molecule has 7 heteroatoms. The summed E-state index contributed by atoms with van der Waals surface area (Å²) in [6, 6.07) is 18.5. The average Bonchev–Trinajstić information content (AvgIpc) is 3.20. The van der Waals surface area contributed by atoms with E-state index in [1.807, 2.05) is 53.2 Å². The molecule has 0 aliphatic carbocycles. The molecule has 0 bridgehead atoms. The van der Waals surface area contributed by atoms with Crippen LogP contribution in [0.4, 0.5) is 5.69 Å². The van der Waals surface area contributed by atoms with E-state index in [0.717, 1.165) is 27.8 Å². The molecule has 0 saturated carbocycles. The van der Waals surface area contributed by atoms with E-state index in [1.54, 1.807) is 24.4 Å². The van der Waals surface area contributed by atoms with Crippen LogP contribution in [0.2, 0.25) is 0 Å². The zero-order valence-electron chi connectivity index (χ0n) is 19.2. The van der Waals surface area contributed by atoms with E-state index >= 15 is 0 Å². The topological polar surface area (TPSA) is 93.5 Å². The number of amides is 1. The van der Waals surface area contributed by atoms with Gasteiger partial charge in [0.15, 0.2) is 0 Å². The highest BCUT2D eigenvalue weighted by Gasteiger charge is 2.14. The number of hydrogen-bond donors (Lipinski definition) is 2. The molecule has 0 fully saturated rings. The zero-order chi connectivity index (χ0) is 24.1. The number of aromatic nitrogens is 2. The molecule has 0 saturated heterocycles. The van der Waals surface area contributed by atoms with Gasteiger partial charge >= 0.3 is 5.97 Å². The van der Waals surface area contributed by atoms with Crippen molar-refractivity contribution in [3.63, 3.8) is 0 Å². The van der Waals surface area contributed by atoms with E-state index in [9.17, 15) is 14.7 Å². The summed E-state index contributed by atoms with van der Waals surface area (Å²) in [5.74, 6) is -0.775. The van der Waals surface area contributed by atoms with E-state index in [0.29, 0.717) is 19.1 Å². The number of carboxylic acid groups (broad SMARTS) is 1. The van der Waals surface area contributed by atoms with Gasteiger partial charge < -0.3 is 19.7 Å². The summed E-state index contributed by atoms with van der Waals surface area (Å²) in [6.07, 6.45) is 3.67. The van der Waals surface area contributed by atoms with Crippen LogP contribution in [0, 0.1) is 0 Å². The summed E-state index contributed by atoms with van der Waals surface area (Å²) in [5.41, 5.74) is 4.65. The summed E-state index contributed by atoms with van der Waals surface area (Å²) in [6.45, 7) is 4.93. The fourth-order valence-electron chi connectivity index (χ4n) is 3.81. The molecule has 34 heavy (non-hydrogen) atoms. The number of nitrogens with one attached hydrogen (secondary N) is 1. The molecule has 0 radical (unpaired) electrons. The third kappa shape index (κ3) is 5.32. The van der Waals surface area contributed by atoms with Crippen molar-refractivity contribution in [1.82, 2.24) is 9.55 Å². The number of carbonyl (C=O) groups is 2. The quantitative estimate of drug-likeness (QED) is 0.338. The van der Waals surface area contributed by atoms with Gasteiger partial charge in [0, 0.05) is 41.1 Å². The summed E-state index contributed by atoms with van der Waals surface area (Å²) in [4.78, 5) is 28.2. The van der Waals surface area contributed by atoms with Crippen molar-refractivity contribution >= 4 is 28.5 Å². The second-order valence-corrected chi connectivity index (χ2v) is 8.37. The van der Waals surface area contributed by atoms with E-state index in [4.69, 9.17) is 4.74 Å². The molecule has 0 aliphatic heterocycles. The molecule has 1 amide bonds. The largest absolute Gasteiger partial charge is 0.478 e. The van der Waals surface area contributed by atoms with Gasteiger partial charge in [0.1, 0.15) is 6.61 Å². The van der Waals surface area contributed by atoms with Gasteiger partial charge in [-0.3, -0.25) is 9.78 Å². The van der Waals surface area contributed by atoms with Gasteiger partial charge in [0.25, 0.3) is 0 Å². The minimum atomic E-state index is -0.983. The van der Waals surface area contributed by atoms with Crippen LogP contribution >= 0.6 is 0 Å². The van der Waals surface area contributed by atoms with Crippen molar-refractivity contribution in [3.05, 3.63) is 84.2 Å². The number of ether oxygens (including phenoxy) is 1. The first kappa shape index (κ1) is 23.2. The van der Waals surface area contributed by atoms with Crippen molar-refractivity contribution in [3.8, 4) is 11.3 Å². The predicted molar refractivity (Wildman–Crippen MR) is 132 cm³/mol. The molecule has 4 aromatic rings. The first-order valence-electron chi connectivity index (χ1n) is 11.2. The lowest BCUT2D eigenvalue weighted by atomic mass is 10.0. The lowest BCUT2D eigenvalue weighted by molar-refractivity contribution is -0.120. The molecule has 2 N–H and O–H groups in total. The fourth-order valence-corrected chi connectivity index (χ4v) is 3.81. The van der Waals surface area contributed by atoms with Crippen LogP contribution in [-0.4, -0.2) is 39.7 Å². The standard InChI is InChI=1S/C27H27N3O4/c1-18(2)19-6-9-21(10-7-19)29-26(31)17-34-14-13-30-16-23(24-5-3-4-12-28-24)22-11-8-20(27(32)33)15-25(22)30/h3-12,15-16,18H,13-14,17H2,1-2H3,(H,29,31)(H,32,33). The molecule has 0 unspecified atom stereocenters. The molecule has 7 nitrogen and oxygen atoms in total. The van der Waals surface area contributed by atoms with E-state index in [-0.39, 0.29) is 18.1 Å². The minimum Gasteiger partial charge on any atom is -0.478 e. The first-order valence-corrected chi connectivity index (χ1v) is 11.2. The van der Waals surface area contributed by atoms with Gasteiger partial charge in [-0.15, -0.1) is 0 Å². The molecule has 4 rings (SSSR count). The lowest BCUT2D eigenvalue weighted by Crippen LogP contribution is -2.19. The third-order valence-corrected chi connectivity index (χ3v) is 5.64. The Kier molecular flexibility index (Phi) is 7.04. The van der Waals surface area contributed by atoms with Gasteiger partial charge in [-0.1, -0.05) is 38.1 Å². The highest BCUT2D eigenvalue weighted by molar-refractivity contribution is 5.99. The average molecular weight is 458 g/mol. The highest BCUT2D eigenvalue weighted by Crippen LogP contribution is 2.30. The SMILES string of the molecule is CC(C)c1ccc(NC(=O)COCCn2cc(-c3ccccn3)c3ccc(C(=O)O)cc32)cc1. The number of carbonyl (C=O) groups excluding carboxylic acids is 1. The van der Waals surface area contributed by atoms with Gasteiger partial charge in [0.05, 0.1) is 17.9 Å². The molecule has 0 atom stereocenters.